The zero-order valence-corrected chi connectivity index (χ0v) is 17.9. The first kappa shape index (κ1) is 20.0. The first-order valence-electron chi connectivity index (χ1n) is 11.2. The molecule has 1 saturated carbocycles. The fourth-order valence-corrected chi connectivity index (χ4v) is 4.13. The SMILES string of the molecule is CCC(C)N(Cc1c(-c2ccccc2)noc1N1CCC(C)CC1)C(=O)C1CC1. The van der Waals surface area contributed by atoms with Crippen LogP contribution in [0.25, 0.3) is 11.3 Å². The molecule has 1 atom stereocenters. The first-order valence-corrected chi connectivity index (χ1v) is 11.2. The van der Waals surface area contributed by atoms with E-state index in [1.165, 1.54) is 0 Å². The van der Waals surface area contributed by atoms with Gasteiger partial charge in [0, 0.05) is 30.6 Å². The molecule has 1 unspecified atom stereocenters. The third-order valence-corrected chi connectivity index (χ3v) is 6.55. The number of benzene rings is 1. The van der Waals surface area contributed by atoms with Crippen LogP contribution in [-0.4, -0.2) is 35.1 Å². The Kier molecular flexibility index (Phi) is 5.93. The fourth-order valence-electron chi connectivity index (χ4n) is 4.13. The molecule has 0 spiro atoms. The van der Waals surface area contributed by atoms with Crippen molar-refractivity contribution in [3.8, 4) is 11.3 Å². The summed E-state index contributed by atoms with van der Waals surface area (Å²) < 4.78 is 5.93. The molecule has 5 nitrogen and oxygen atoms in total. The molecule has 0 radical (unpaired) electrons. The molecule has 2 aliphatic rings. The summed E-state index contributed by atoms with van der Waals surface area (Å²) in [5.41, 5.74) is 2.97. The second kappa shape index (κ2) is 8.60. The van der Waals surface area contributed by atoms with Crippen molar-refractivity contribution in [3.05, 3.63) is 35.9 Å². The molecule has 5 heteroatoms. The lowest BCUT2D eigenvalue weighted by Crippen LogP contribution is -2.39. The van der Waals surface area contributed by atoms with E-state index in [1.54, 1.807) is 0 Å². The van der Waals surface area contributed by atoms with Crippen molar-refractivity contribution < 1.29 is 9.32 Å². The van der Waals surface area contributed by atoms with Crippen LogP contribution in [0.1, 0.15) is 58.4 Å². The molecule has 4 rings (SSSR count). The molecule has 1 saturated heterocycles. The number of hydrogen-bond donors (Lipinski definition) is 0. The van der Waals surface area contributed by atoms with E-state index in [1.807, 2.05) is 18.2 Å². The average molecular weight is 396 g/mol. The third kappa shape index (κ3) is 4.34. The van der Waals surface area contributed by atoms with E-state index in [9.17, 15) is 4.79 Å². The van der Waals surface area contributed by atoms with Gasteiger partial charge in [-0.3, -0.25) is 4.79 Å². The molecule has 1 aliphatic heterocycles. The Bertz CT molecular complexity index is 820. The quantitative estimate of drug-likeness (QED) is 0.653. The minimum atomic E-state index is 0.204. The highest BCUT2D eigenvalue weighted by Crippen LogP contribution is 2.37. The van der Waals surface area contributed by atoms with E-state index in [2.05, 4.69) is 47.9 Å². The Morgan fingerprint density at radius 2 is 1.90 bits per heavy atom. The van der Waals surface area contributed by atoms with Gasteiger partial charge in [-0.25, -0.2) is 0 Å². The smallest absolute Gasteiger partial charge is 0.232 e. The summed E-state index contributed by atoms with van der Waals surface area (Å²) in [6, 6.07) is 10.4. The second-order valence-electron chi connectivity index (χ2n) is 8.85. The van der Waals surface area contributed by atoms with E-state index < -0.39 is 0 Å². The summed E-state index contributed by atoms with van der Waals surface area (Å²) in [7, 11) is 0. The molecular formula is C24H33N3O2. The molecule has 0 N–H and O–H groups in total. The van der Waals surface area contributed by atoms with Gasteiger partial charge in [-0.05, 0) is 44.9 Å². The van der Waals surface area contributed by atoms with Crippen molar-refractivity contribution in [2.24, 2.45) is 11.8 Å². The highest BCUT2D eigenvalue weighted by molar-refractivity contribution is 5.82. The van der Waals surface area contributed by atoms with Gasteiger partial charge in [0.15, 0.2) is 0 Å². The van der Waals surface area contributed by atoms with E-state index >= 15 is 0 Å². The zero-order chi connectivity index (χ0) is 20.4. The van der Waals surface area contributed by atoms with Gasteiger partial charge in [-0.1, -0.05) is 49.3 Å². The van der Waals surface area contributed by atoms with Crippen LogP contribution in [0, 0.1) is 11.8 Å². The number of rotatable bonds is 7. The number of aromatic nitrogens is 1. The summed E-state index contributed by atoms with van der Waals surface area (Å²) in [6.07, 6.45) is 5.32. The third-order valence-electron chi connectivity index (χ3n) is 6.55. The number of anilines is 1. The first-order chi connectivity index (χ1) is 14.1. The Labute approximate surface area is 174 Å². The normalized spacial score (nSPS) is 18.7. The number of carbonyl (C=O) groups is 1. The summed E-state index contributed by atoms with van der Waals surface area (Å²) in [6.45, 7) is 9.15. The van der Waals surface area contributed by atoms with Gasteiger partial charge in [-0.2, -0.15) is 0 Å². The number of hydrogen-bond acceptors (Lipinski definition) is 4. The molecule has 2 heterocycles. The molecular weight excluding hydrogens is 362 g/mol. The number of piperidine rings is 1. The van der Waals surface area contributed by atoms with Gasteiger partial charge in [0.05, 0.1) is 12.1 Å². The fraction of sp³-hybridized carbons (Fsp3) is 0.583. The van der Waals surface area contributed by atoms with Crippen LogP contribution in [0.4, 0.5) is 5.88 Å². The molecule has 2 aromatic rings. The lowest BCUT2D eigenvalue weighted by molar-refractivity contribution is -0.135. The lowest BCUT2D eigenvalue weighted by atomic mass is 9.98. The Hall–Kier alpha value is -2.30. The summed E-state index contributed by atoms with van der Waals surface area (Å²) in [5.74, 6) is 2.10. The lowest BCUT2D eigenvalue weighted by Gasteiger charge is -2.32. The van der Waals surface area contributed by atoms with Crippen molar-refractivity contribution in [2.45, 2.75) is 65.5 Å². The van der Waals surface area contributed by atoms with Gasteiger partial charge in [-0.15, -0.1) is 0 Å². The topological polar surface area (TPSA) is 49.6 Å². The molecule has 1 amide bonds. The summed E-state index contributed by atoms with van der Waals surface area (Å²) in [4.78, 5) is 17.5. The van der Waals surface area contributed by atoms with Crippen LogP contribution in [-0.2, 0) is 11.3 Å². The molecule has 29 heavy (non-hydrogen) atoms. The summed E-state index contributed by atoms with van der Waals surface area (Å²) in [5, 5.41) is 4.48. The standard InChI is InChI=1S/C24H33N3O2/c1-4-18(3)27(23(28)20-10-11-20)16-21-22(19-8-6-5-7-9-19)25-29-24(21)26-14-12-17(2)13-15-26/h5-9,17-18,20H,4,10-16H2,1-3H3. The summed E-state index contributed by atoms with van der Waals surface area (Å²) >= 11 is 0. The predicted octanol–water partition coefficient (Wildman–Crippen LogP) is 5.12. The zero-order valence-electron chi connectivity index (χ0n) is 17.9. The van der Waals surface area contributed by atoms with Crippen molar-refractivity contribution in [3.63, 3.8) is 0 Å². The molecule has 1 aromatic heterocycles. The van der Waals surface area contributed by atoms with E-state index in [0.29, 0.717) is 6.54 Å². The molecule has 156 valence electrons. The maximum atomic E-state index is 13.1. The Morgan fingerprint density at radius 3 is 2.52 bits per heavy atom. The number of carbonyl (C=O) groups excluding carboxylic acids is 1. The Balaban J connectivity index is 1.70. The van der Waals surface area contributed by atoms with Gasteiger partial charge >= 0.3 is 0 Å². The molecule has 0 bridgehead atoms. The predicted molar refractivity (Wildman–Crippen MR) is 116 cm³/mol. The highest BCUT2D eigenvalue weighted by Gasteiger charge is 2.36. The largest absolute Gasteiger partial charge is 0.340 e. The van der Waals surface area contributed by atoms with Crippen molar-refractivity contribution in [1.82, 2.24) is 10.1 Å². The van der Waals surface area contributed by atoms with Gasteiger partial charge < -0.3 is 14.3 Å². The monoisotopic (exact) mass is 395 g/mol. The van der Waals surface area contributed by atoms with Crippen molar-refractivity contribution in [1.29, 1.82) is 0 Å². The van der Waals surface area contributed by atoms with E-state index in [4.69, 9.17) is 4.52 Å². The maximum absolute atomic E-state index is 13.1. The second-order valence-corrected chi connectivity index (χ2v) is 8.85. The van der Waals surface area contributed by atoms with Crippen LogP contribution in [0.5, 0.6) is 0 Å². The van der Waals surface area contributed by atoms with Gasteiger partial charge in [0.25, 0.3) is 0 Å². The molecule has 1 aromatic carbocycles. The van der Waals surface area contributed by atoms with Crippen molar-refractivity contribution in [2.75, 3.05) is 18.0 Å². The Morgan fingerprint density at radius 1 is 1.21 bits per heavy atom. The molecule has 2 fully saturated rings. The van der Waals surface area contributed by atoms with E-state index in [-0.39, 0.29) is 17.9 Å². The maximum Gasteiger partial charge on any atom is 0.232 e. The van der Waals surface area contributed by atoms with E-state index in [0.717, 1.165) is 73.8 Å². The van der Waals surface area contributed by atoms with Crippen LogP contribution in [0.15, 0.2) is 34.9 Å². The van der Waals surface area contributed by atoms with Crippen LogP contribution >= 0.6 is 0 Å². The van der Waals surface area contributed by atoms with Gasteiger partial charge in [0.1, 0.15) is 5.69 Å². The number of nitrogens with zero attached hydrogens (tertiary/aromatic N) is 3. The minimum Gasteiger partial charge on any atom is -0.340 e. The minimum absolute atomic E-state index is 0.204. The molecule has 1 aliphatic carbocycles. The van der Waals surface area contributed by atoms with Gasteiger partial charge in [0.2, 0.25) is 11.8 Å². The van der Waals surface area contributed by atoms with Crippen LogP contribution in [0.2, 0.25) is 0 Å². The van der Waals surface area contributed by atoms with Crippen molar-refractivity contribution >= 4 is 11.8 Å². The van der Waals surface area contributed by atoms with Crippen LogP contribution in [0.3, 0.4) is 0 Å². The van der Waals surface area contributed by atoms with Crippen LogP contribution < -0.4 is 4.90 Å². The average Bonchev–Trinajstić information content (AvgIpc) is 3.52. The number of amides is 1. The highest BCUT2D eigenvalue weighted by atomic mass is 16.5.